The Kier molecular flexibility index (Phi) is 5.68. The molecule has 1 aromatic heterocycles. The Balaban J connectivity index is 1.75. The van der Waals surface area contributed by atoms with Crippen LogP contribution in [0.1, 0.15) is 32.6 Å². The van der Waals surface area contributed by atoms with Gasteiger partial charge in [-0.05, 0) is 32.4 Å². The summed E-state index contributed by atoms with van der Waals surface area (Å²) < 4.78 is 2.16. The quantitative estimate of drug-likeness (QED) is 0.800. The molecule has 0 aliphatic carbocycles. The van der Waals surface area contributed by atoms with E-state index in [2.05, 4.69) is 26.7 Å². The van der Waals surface area contributed by atoms with E-state index >= 15 is 0 Å². The largest absolute Gasteiger partial charge is 0.336 e. The van der Waals surface area contributed by atoms with E-state index in [1.165, 1.54) is 45.3 Å². The highest BCUT2D eigenvalue weighted by Crippen LogP contribution is 2.09. The molecule has 4 nitrogen and oxygen atoms in total. The van der Waals surface area contributed by atoms with Gasteiger partial charge in [0.05, 0.1) is 6.33 Å². The van der Waals surface area contributed by atoms with Crippen molar-refractivity contribution in [2.24, 2.45) is 0 Å². The van der Waals surface area contributed by atoms with E-state index in [1.807, 2.05) is 18.7 Å². The lowest BCUT2D eigenvalue weighted by Gasteiger charge is -2.30. The van der Waals surface area contributed by atoms with Gasteiger partial charge in [0.15, 0.2) is 0 Å². The number of hydrogen-bond acceptors (Lipinski definition) is 3. The van der Waals surface area contributed by atoms with Crippen molar-refractivity contribution in [3.8, 4) is 0 Å². The van der Waals surface area contributed by atoms with Gasteiger partial charge in [0.1, 0.15) is 0 Å². The molecule has 0 amide bonds. The fourth-order valence-electron chi connectivity index (χ4n) is 2.68. The molecular formula is C14H26N4. The first-order valence-electron chi connectivity index (χ1n) is 7.30. The Hall–Kier alpha value is -0.870. The number of hydrogen-bond donors (Lipinski definition) is 1. The zero-order valence-corrected chi connectivity index (χ0v) is 11.5. The molecule has 1 atom stereocenters. The molecule has 1 N–H and O–H groups in total. The van der Waals surface area contributed by atoms with Crippen molar-refractivity contribution in [3.63, 3.8) is 0 Å². The SMILES string of the molecule is CCCN(CCn1ccnc1)CC1CCCCN1. The summed E-state index contributed by atoms with van der Waals surface area (Å²) in [5.41, 5.74) is 0. The van der Waals surface area contributed by atoms with Crippen molar-refractivity contribution < 1.29 is 0 Å². The van der Waals surface area contributed by atoms with Gasteiger partial charge >= 0.3 is 0 Å². The predicted octanol–water partition coefficient (Wildman–Crippen LogP) is 1.74. The maximum Gasteiger partial charge on any atom is 0.0946 e. The molecule has 2 rings (SSSR count). The lowest BCUT2D eigenvalue weighted by molar-refractivity contribution is 0.217. The highest BCUT2D eigenvalue weighted by Gasteiger charge is 2.15. The van der Waals surface area contributed by atoms with Gasteiger partial charge in [0.25, 0.3) is 0 Å². The van der Waals surface area contributed by atoms with Crippen LogP contribution in [0.15, 0.2) is 18.7 Å². The molecule has 0 saturated carbocycles. The van der Waals surface area contributed by atoms with Crippen LogP contribution in [0.3, 0.4) is 0 Å². The highest BCUT2D eigenvalue weighted by molar-refractivity contribution is 4.78. The van der Waals surface area contributed by atoms with E-state index in [0.717, 1.165) is 13.1 Å². The molecule has 1 fully saturated rings. The van der Waals surface area contributed by atoms with E-state index in [0.29, 0.717) is 6.04 Å². The molecule has 1 aliphatic rings. The minimum Gasteiger partial charge on any atom is -0.336 e. The Morgan fingerprint density at radius 1 is 1.39 bits per heavy atom. The zero-order valence-electron chi connectivity index (χ0n) is 11.5. The first-order chi connectivity index (χ1) is 8.88. The Morgan fingerprint density at radius 3 is 3.00 bits per heavy atom. The van der Waals surface area contributed by atoms with Crippen molar-refractivity contribution in [1.29, 1.82) is 0 Å². The molecule has 2 heterocycles. The minimum absolute atomic E-state index is 0.702. The molecule has 18 heavy (non-hydrogen) atoms. The first kappa shape index (κ1) is 13.6. The lowest BCUT2D eigenvalue weighted by Crippen LogP contribution is -2.44. The highest BCUT2D eigenvalue weighted by atomic mass is 15.2. The standard InChI is InChI=1S/C14H26N4/c1-2-8-17(10-11-18-9-7-15-13-18)12-14-5-3-4-6-16-14/h7,9,13-14,16H,2-6,8,10-12H2,1H3. The van der Waals surface area contributed by atoms with Gasteiger partial charge in [0, 0.05) is 38.1 Å². The van der Waals surface area contributed by atoms with Gasteiger partial charge in [-0.25, -0.2) is 4.98 Å². The van der Waals surface area contributed by atoms with Crippen LogP contribution < -0.4 is 5.32 Å². The molecular weight excluding hydrogens is 224 g/mol. The third-order valence-corrected chi connectivity index (χ3v) is 3.66. The van der Waals surface area contributed by atoms with Gasteiger partial charge in [0.2, 0.25) is 0 Å². The predicted molar refractivity (Wildman–Crippen MR) is 74.6 cm³/mol. The van der Waals surface area contributed by atoms with Crippen molar-refractivity contribution in [3.05, 3.63) is 18.7 Å². The summed E-state index contributed by atoms with van der Waals surface area (Å²) in [6.45, 7) is 8.04. The second-order valence-electron chi connectivity index (χ2n) is 5.25. The van der Waals surface area contributed by atoms with Crippen LogP contribution in [0.4, 0.5) is 0 Å². The van der Waals surface area contributed by atoms with E-state index < -0.39 is 0 Å². The van der Waals surface area contributed by atoms with E-state index in [4.69, 9.17) is 0 Å². The van der Waals surface area contributed by atoms with Crippen molar-refractivity contribution in [2.45, 2.75) is 45.2 Å². The molecule has 1 aliphatic heterocycles. The summed E-state index contributed by atoms with van der Waals surface area (Å²) in [6, 6.07) is 0.702. The van der Waals surface area contributed by atoms with Gasteiger partial charge < -0.3 is 14.8 Å². The second-order valence-corrected chi connectivity index (χ2v) is 5.25. The fraction of sp³-hybridized carbons (Fsp3) is 0.786. The van der Waals surface area contributed by atoms with E-state index in [1.54, 1.807) is 0 Å². The molecule has 0 spiro atoms. The van der Waals surface area contributed by atoms with Crippen molar-refractivity contribution in [1.82, 2.24) is 19.8 Å². The molecule has 1 unspecified atom stereocenters. The van der Waals surface area contributed by atoms with Gasteiger partial charge in [-0.15, -0.1) is 0 Å². The van der Waals surface area contributed by atoms with E-state index in [9.17, 15) is 0 Å². The molecule has 1 aromatic rings. The molecule has 0 radical (unpaired) electrons. The summed E-state index contributed by atoms with van der Waals surface area (Å²) in [4.78, 5) is 6.68. The third-order valence-electron chi connectivity index (χ3n) is 3.66. The first-order valence-corrected chi connectivity index (χ1v) is 7.30. The molecule has 0 aromatic carbocycles. The minimum atomic E-state index is 0.702. The second kappa shape index (κ2) is 7.54. The van der Waals surface area contributed by atoms with Gasteiger partial charge in [-0.2, -0.15) is 0 Å². The number of nitrogens with zero attached hydrogens (tertiary/aromatic N) is 3. The Morgan fingerprint density at radius 2 is 2.33 bits per heavy atom. The van der Waals surface area contributed by atoms with Crippen LogP contribution in [-0.4, -0.2) is 46.7 Å². The topological polar surface area (TPSA) is 33.1 Å². The molecule has 102 valence electrons. The van der Waals surface area contributed by atoms with Gasteiger partial charge in [-0.3, -0.25) is 0 Å². The summed E-state index contributed by atoms with van der Waals surface area (Å²) >= 11 is 0. The molecule has 0 bridgehead atoms. The maximum absolute atomic E-state index is 4.09. The summed E-state index contributed by atoms with van der Waals surface area (Å²) in [5.74, 6) is 0. The van der Waals surface area contributed by atoms with E-state index in [-0.39, 0.29) is 0 Å². The third kappa shape index (κ3) is 4.42. The number of nitrogens with one attached hydrogen (secondary N) is 1. The Bertz CT molecular complexity index is 304. The van der Waals surface area contributed by atoms with Gasteiger partial charge in [-0.1, -0.05) is 13.3 Å². The van der Waals surface area contributed by atoms with Crippen LogP contribution in [0.25, 0.3) is 0 Å². The molecule has 4 heteroatoms. The fourth-order valence-corrected chi connectivity index (χ4v) is 2.68. The maximum atomic E-state index is 4.09. The summed E-state index contributed by atoms with van der Waals surface area (Å²) in [7, 11) is 0. The normalized spacial score (nSPS) is 20.4. The number of rotatable bonds is 7. The number of imidazole rings is 1. The summed E-state index contributed by atoms with van der Waals surface area (Å²) in [5, 5.41) is 3.64. The zero-order chi connectivity index (χ0) is 12.6. The number of aromatic nitrogens is 2. The molecule has 1 saturated heterocycles. The Labute approximate surface area is 110 Å². The lowest BCUT2D eigenvalue weighted by atomic mass is 10.0. The van der Waals surface area contributed by atoms with Crippen LogP contribution in [0, 0.1) is 0 Å². The average molecular weight is 250 g/mol. The smallest absolute Gasteiger partial charge is 0.0946 e. The van der Waals surface area contributed by atoms with Crippen LogP contribution in [0.5, 0.6) is 0 Å². The number of piperidine rings is 1. The summed E-state index contributed by atoms with van der Waals surface area (Å²) in [6.07, 6.45) is 11.1. The monoisotopic (exact) mass is 250 g/mol. The van der Waals surface area contributed by atoms with Crippen molar-refractivity contribution >= 4 is 0 Å². The average Bonchev–Trinajstić information content (AvgIpc) is 2.91. The van der Waals surface area contributed by atoms with Crippen LogP contribution in [0.2, 0.25) is 0 Å². The van der Waals surface area contributed by atoms with Crippen LogP contribution >= 0.6 is 0 Å². The van der Waals surface area contributed by atoms with Crippen LogP contribution in [-0.2, 0) is 6.54 Å². The van der Waals surface area contributed by atoms with Crippen molar-refractivity contribution in [2.75, 3.05) is 26.2 Å².